The number of nitrogens with zero attached hydrogens (tertiary/aromatic N) is 1. The van der Waals surface area contributed by atoms with Crippen LogP contribution in [-0.4, -0.2) is 4.98 Å². The molecule has 0 radical (unpaired) electrons. The molecule has 0 unspecified atom stereocenters. The van der Waals surface area contributed by atoms with Gasteiger partial charge < -0.3 is 4.74 Å². The van der Waals surface area contributed by atoms with Gasteiger partial charge in [-0.15, -0.1) is 0 Å². The molecule has 18 heavy (non-hydrogen) atoms. The summed E-state index contributed by atoms with van der Waals surface area (Å²) in [4.78, 5) is 4.23. The first kappa shape index (κ1) is 11.5. The minimum atomic E-state index is 0.638. The summed E-state index contributed by atoms with van der Waals surface area (Å²) >= 11 is 6.07. The summed E-state index contributed by atoms with van der Waals surface area (Å²) in [6, 6.07) is 9.76. The van der Waals surface area contributed by atoms with Crippen LogP contribution < -0.4 is 4.74 Å². The number of pyridine rings is 1. The van der Waals surface area contributed by atoms with Crippen LogP contribution in [0.15, 0.2) is 36.5 Å². The molecule has 1 aromatic heterocycles. The van der Waals surface area contributed by atoms with Crippen LogP contribution in [-0.2, 0) is 0 Å². The summed E-state index contributed by atoms with van der Waals surface area (Å²) in [5, 5.41) is 0.714. The largest absolute Gasteiger partial charge is 0.439 e. The Morgan fingerprint density at radius 1 is 1.22 bits per heavy atom. The van der Waals surface area contributed by atoms with E-state index in [4.69, 9.17) is 16.3 Å². The molecule has 0 amide bonds. The summed E-state index contributed by atoms with van der Waals surface area (Å²) in [6.07, 6.45) is 4.36. The fraction of sp³-hybridized carbons (Fsp3) is 0.267. The monoisotopic (exact) mass is 259 g/mol. The number of halogens is 1. The van der Waals surface area contributed by atoms with Gasteiger partial charge in [0.25, 0.3) is 0 Å². The number of benzene rings is 1. The zero-order valence-corrected chi connectivity index (χ0v) is 10.9. The van der Waals surface area contributed by atoms with E-state index in [0.29, 0.717) is 16.8 Å². The van der Waals surface area contributed by atoms with Gasteiger partial charge in [-0.3, -0.25) is 0 Å². The predicted octanol–water partition coefficient (Wildman–Crippen LogP) is 4.71. The van der Waals surface area contributed by atoms with Crippen LogP contribution in [0.2, 0.25) is 5.02 Å². The van der Waals surface area contributed by atoms with E-state index in [0.717, 1.165) is 11.3 Å². The second-order valence-corrected chi connectivity index (χ2v) is 5.12. The molecule has 0 aliphatic heterocycles. The minimum absolute atomic E-state index is 0.638. The Kier molecular flexibility index (Phi) is 2.96. The number of rotatable bonds is 3. The summed E-state index contributed by atoms with van der Waals surface area (Å²) < 4.78 is 5.74. The molecule has 2 nitrogen and oxygen atoms in total. The summed E-state index contributed by atoms with van der Waals surface area (Å²) in [5.74, 6) is 2.07. The van der Waals surface area contributed by atoms with Crippen LogP contribution in [0.3, 0.4) is 0 Å². The zero-order chi connectivity index (χ0) is 12.5. The number of ether oxygens (including phenoxy) is 1. The normalized spacial score (nSPS) is 14.6. The van der Waals surface area contributed by atoms with Crippen LogP contribution >= 0.6 is 11.6 Å². The van der Waals surface area contributed by atoms with Crippen LogP contribution in [0.4, 0.5) is 0 Å². The molecule has 92 valence electrons. The van der Waals surface area contributed by atoms with Gasteiger partial charge >= 0.3 is 0 Å². The van der Waals surface area contributed by atoms with Crippen LogP contribution in [0.1, 0.15) is 29.9 Å². The van der Waals surface area contributed by atoms with Crippen molar-refractivity contribution in [1.29, 1.82) is 0 Å². The molecular formula is C15H14ClNO. The van der Waals surface area contributed by atoms with Crippen molar-refractivity contribution in [2.75, 3.05) is 0 Å². The molecule has 3 heteroatoms. The van der Waals surface area contributed by atoms with Crippen molar-refractivity contribution in [3.63, 3.8) is 0 Å². The van der Waals surface area contributed by atoms with Gasteiger partial charge in [0.05, 0.1) is 0 Å². The van der Waals surface area contributed by atoms with Gasteiger partial charge in [-0.2, -0.15) is 0 Å². The maximum atomic E-state index is 6.07. The molecule has 1 fully saturated rings. The molecule has 1 aliphatic rings. The van der Waals surface area contributed by atoms with Gasteiger partial charge in [0.2, 0.25) is 5.88 Å². The molecule has 2 aromatic rings. The van der Waals surface area contributed by atoms with E-state index in [2.05, 4.69) is 11.1 Å². The Bertz CT molecular complexity index is 578. The zero-order valence-electron chi connectivity index (χ0n) is 10.2. The van der Waals surface area contributed by atoms with E-state index >= 15 is 0 Å². The predicted molar refractivity (Wildman–Crippen MR) is 72.5 cm³/mol. The van der Waals surface area contributed by atoms with Crippen molar-refractivity contribution >= 4 is 11.6 Å². The maximum absolute atomic E-state index is 6.07. The van der Waals surface area contributed by atoms with Crippen LogP contribution in [0.25, 0.3) is 0 Å². The second-order valence-electron chi connectivity index (χ2n) is 4.71. The van der Waals surface area contributed by atoms with Gasteiger partial charge in [-0.25, -0.2) is 4.98 Å². The lowest BCUT2D eigenvalue weighted by atomic mass is 10.2. The molecule has 1 aromatic carbocycles. The molecule has 3 rings (SSSR count). The molecule has 1 aliphatic carbocycles. The fourth-order valence-corrected chi connectivity index (χ4v) is 2.08. The SMILES string of the molecule is Cc1ccc(Oc2cc(C3CC3)ccn2)cc1Cl. The number of hydrogen-bond acceptors (Lipinski definition) is 2. The highest BCUT2D eigenvalue weighted by atomic mass is 35.5. The highest BCUT2D eigenvalue weighted by Crippen LogP contribution is 2.40. The third-order valence-electron chi connectivity index (χ3n) is 3.17. The highest BCUT2D eigenvalue weighted by molar-refractivity contribution is 6.31. The fourth-order valence-electron chi connectivity index (χ4n) is 1.91. The van der Waals surface area contributed by atoms with Crippen molar-refractivity contribution in [2.24, 2.45) is 0 Å². The smallest absolute Gasteiger partial charge is 0.219 e. The van der Waals surface area contributed by atoms with E-state index in [-0.39, 0.29) is 0 Å². The Labute approximate surface area is 112 Å². The first-order valence-corrected chi connectivity index (χ1v) is 6.50. The third-order valence-corrected chi connectivity index (χ3v) is 3.58. The first-order chi connectivity index (χ1) is 8.72. The minimum Gasteiger partial charge on any atom is -0.439 e. The van der Waals surface area contributed by atoms with Crippen molar-refractivity contribution in [3.8, 4) is 11.6 Å². The second kappa shape index (κ2) is 4.62. The van der Waals surface area contributed by atoms with E-state index in [1.54, 1.807) is 6.20 Å². The summed E-state index contributed by atoms with van der Waals surface area (Å²) in [7, 11) is 0. The topological polar surface area (TPSA) is 22.1 Å². The highest BCUT2D eigenvalue weighted by Gasteiger charge is 2.23. The van der Waals surface area contributed by atoms with Crippen molar-refractivity contribution in [2.45, 2.75) is 25.7 Å². The third kappa shape index (κ3) is 2.49. The van der Waals surface area contributed by atoms with Gasteiger partial charge in [-0.05, 0) is 55.0 Å². The molecule has 0 saturated heterocycles. The van der Waals surface area contributed by atoms with Gasteiger partial charge in [0.1, 0.15) is 5.75 Å². The molecule has 0 N–H and O–H groups in total. The van der Waals surface area contributed by atoms with Crippen LogP contribution in [0, 0.1) is 6.92 Å². The van der Waals surface area contributed by atoms with Gasteiger partial charge in [-0.1, -0.05) is 17.7 Å². The van der Waals surface area contributed by atoms with Gasteiger partial charge in [0.15, 0.2) is 0 Å². The molecule has 0 bridgehead atoms. The van der Waals surface area contributed by atoms with Crippen LogP contribution in [0.5, 0.6) is 11.6 Å². The Hall–Kier alpha value is -1.54. The van der Waals surface area contributed by atoms with E-state index < -0.39 is 0 Å². The lowest BCUT2D eigenvalue weighted by molar-refractivity contribution is 0.462. The number of hydrogen-bond donors (Lipinski definition) is 0. The average molecular weight is 260 g/mol. The van der Waals surface area contributed by atoms with Crippen molar-refractivity contribution in [3.05, 3.63) is 52.7 Å². The lowest BCUT2D eigenvalue weighted by Crippen LogP contribution is -1.90. The summed E-state index contributed by atoms with van der Waals surface area (Å²) in [5.41, 5.74) is 2.36. The Balaban J connectivity index is 1.82. The lowest BCUT2D eigenvalue weighted by Gasteiger charge is -2.07. The number of aryl methyl sites for hydroxylation is 1. The Morgan fingerprint density at radius 2 is 2.06 bits per heavy atom. The quantitative estimate of drug-likeness (QED) is 0.796. The molecule has 1 saturated carbocycles. The Morgan fingerprint density at radius 3 is 2.78 bits per heavy atom. The van der Waals surface area contributed by atoms with E-state index in [1.165, 1.54) is 18.4 Å². The average Bonchev–Trinajstić information content (AvgIpc) is 3.18. The van der Waals surface area contributed by atoms with Gasteiger partial charge in [0, 0.05) is 17.3 Å². The number of aromatic nitrogens is 1. The maximum Gasteiger partial charge on any atom is 0.219 e. The van der Waals surface area contributed by atoms with Crippen molar-refractivity contribution < 1.29 is 4.74 Å². The molecule has 0 spiro atoms. The molecular weight excluding hydrogens is 246 g/mol. The van der Waals surface area contributed by atoms with E-state index in [1.807, 2.05) is 31.2 Å². The molecule has 1 heterocycles. The first-order valence-electron chi connectivity index (χ1n) is 6.12. The standard InChI is InChI=1S/C15H14ClNO/c1-10-2-5-13(9-14(10)16)18-15-8-12(6-7-17-15)11-3-4-11/h2,5-9,11H,3-4H2,1H3. The summed E-state index contributed by atoms with van der Waals surface area (Å²) in [6.45, 7) is 1.97. The van der Waals surface area contributed by atoms with Crippen molar-refractivity contribution in [1.82, 2.24) is 4.98 Å². The molecule has 0 atom stereocenters. The van der Waals surface area contributed by atoms with E-state index in [9.17, 15) is 0 Å².